The van der Waals surface area contributed by atoms with Crippen molar-refractivity contribution in [3.05, 3.63) is 17.0 Å². The maximum Gasteiger partial charge on any atom is 0.239 e. The highest BCUT2D eigenvalue weighted by Crippen LogP contribution is 2.38. The fourth-order valence-electron chi connectivity index (χ4n) is 1.31. The summed E-state index contributed by atoms with van der Waals surface area (Å²) in [5, 5.41) is 5.85. The molecule has 1 amide bonds. The first-order valence-corrected chi connectivity index (χ1v) is 5.56. The average molecular weight is 241 g/mol. The topological polar surface area (TPSA) is 66.9 Å². The summed E-state index contributed by atoms with van der Waals surface area (Å²) in [5.41, 5.74) is 0. The molecule has 0 aliphatic heterocycles. The highest BCUT2D eigenvalue weighted by molar-refractivity contribution is 6.29. The Hall–Kier alpha value is -1.36. The summed E-state index contributed by atoms with van der Waals surface area (Å²) in [7, 11) is 1.59. The van der Waals surface area contributed by atoms with Crippen LogP contribution in [0.25, 0.3) is 0 Å². The predicted octanol–water partition coefficient (Wildman–Crippen LogP) is 1.17. The van der Waals surface area contributed by atoms with E-state index in [0.717, 1.165) is 18.7 Å². The van der Waals surface area contributed by atoms with E-state index in [-0.39, 0.29) is 12.5 Å². The molecule has 1 aromatic rings. The van der Waals surface area contributed by atoms with Gasteiger partial charge in [0.2, 0.25) is 5.91 Å². The number of nitrogens with one attached hydrogen (secondary N) is 2. The van der Waals surface area contributed by atoms with Gasteiger partial charge < -0.3 is 10.6 Å². The van der Waals surface area contributed by atoms with Gasteiger partial charge in [0.15, 0.2) is 0 Å². The second-order valence-corrected chi connectivity index (χ2v) is 4.12. The molecule has 0 saturated heterocycles. The number of nitrogens with zero attached hydrogens (tertiary/aromatic N) is 2. The molecule has 16 heavy (non-hydrogen) atoms. The third-order valence-electron chi connectivity index (χ3n) is 2.36. The van der Waals surface area contributed by atoms with E-state index in [2.05, 4.69) is 20.6 Å². The minimum absolute atomic E-state index is 0.0947. The lowest BCUT2D eigenvalue weighted by Crippen LogP contribution is -2.26. The van der Waals surface area contributed by atoms with Crippen molar-refractivity contribution in [1.29, 1.82) is 0 Å². The predicted molar refractivity (Wildman–Crippen MR) is 61.6 cm³/mol. The molecule has 1 saturated carbocycles. The van der Waals surface area contributed by atoms with Crippen LogP contribution in [0.2, 0.25) is 5.15 Å². The van der Waals surface area contributed by atoms with E-state index >= 15 is 0 Å². The standard InChI is InChI=1S/C10H13ClN4O/c1-12-9(16)5-13-8-4-7(11)14-10(15-8)6-2-3-6/h4,6H,2-3,5H2,1H3,(H,12,16)(H,13,14,15). The van der Waals surface area contributed by atoms with Crippen molar-refractivity contribution in [3.8, 4) is 0 Å². The molecule has 5 nitrogen and oxygen atoms in total. The van der Waals surface area contributed by atoms with E-state index in [4.69, 9.17) is 11.6 Å². The second-order valence-electron chi connectivity index (χ2n) is 3.74. The molecule has 0 unspecified atom stereocenters. The van der Waals surface area contributed by atoms with Crippen LogP contribution in [0.5, 0.6) is 0 Å². The third kappa shape index (κ3) is 2.82. The molecule has 1 fully saturated rings. The van der Waals surface area contributed by atoms with Crippen molar-refractivity contribution in [3.63, 3.8) is 0 Å². The van der Waals surface area contributed by atoms with Crippen LogP contribution < -0.4 is 10.6 Å². The molecule has 0 bridgehead atoms. The van der Waals surface area contributed by atoms with Crippen LogP contribution in [0.15, 0.2) is 6.07 Å². The van der Waals surface area contributed by atoms with E-state index in [9.17, 15) is 4.79 Å². The van der Waals surface area contributed by atoms with Gasteiger partial charge in [-0.1, -0.05) is 11.6 Å². The zero-order valence-electron chi connectivity index (χ0n) is 8.96. The van der Waals surface area contributed by atoms with Gasteiger partial charge in [0, 0.05) is 19.0 Å². The molecule has 86 valence electrons. The first-order valence-electron chi connectivity index (χ1n) is 5.18. The van der Waals surface area contributed by atoms with Crippen molar-refractivity contribution < 1.29 is 4.79 Å². The molecule has 0 radical (unpaired) electrons. The Morgan fingerprint density at radius 3 is 2.94 bits per heavy atom. The number of amides is 1. The number of carbonyl (C=O) groups is 1. The first-order chi connectivity index (χ1) is 7.69. The Morgan fingerprint density at radius 1 is 1.56 bits per heavy atom. The van der Waals surface area contributed by atoms with Crippen molar-refractivity contribution in [2.45, 2.75) is 18.8 Å². The van der Waals surface area contributed by atoms with Crippen LogP contribution in [0, 0.1) is 0 Å². The maximum atomic E-state index is 11.1. The summed E-state index contributed by atoms with van der Waals surface area (Å²) in [6.07, 6.45) is 2.24. The number of hydrogen-bond acceptors (Lipinski definition) is 4. The summed E-state index contributed by atoms with van der Waals surface area (Å²) >= 11 is 5.88. The number of hydrogen-bond donors (Lipinski definition) is 2. The highest BCUT2D eigenvalue weighted by Gasteiger charge is 2.27. The van der Waals surface area contributed by atoms with Crippen LogP contribution in [0.3, 0.4) is 0 Å². The van der Waals surface area contributed by atoms with Crippen LogP contribution in [0.1, 0.15) is 24.6 Å². The largest absolute Gasteiger partial charge is 0.361 e. The summed E-state index contributed by atoms with van der Waals surface area (Å²) in [6.45, 7) is 0.188. The molecule has 1 aliphatic carbocycles. The van der Waals surface area contributed by atoms with Gasteiger partial charge in [-0.15, -0.1) is 0 Å². The molecule has 1 heterocycles. The number of halogens is 1. The van der Waals surface area contributed by atoms with Crippen molar-refractivity contribution >= 4 is 23.3 Å². The molecule has 1 aliphatic rings. The van der Waals surface area contributed by atoms with Gasteiger partial charge >= 0.3 is 0 Å². The summed E-state index contributed by atoms with van der Waals surface area (Å²) in [4.78, 5) is 19.5. The number of aromatic nitrogens is 2. The van der Waals surface area contributed by atoms with E-state index in [1.54, 1.807) is 13.1 Å². The number of rotatable bonds is 4. The maximum absolute atomic E-state index is 11.1. The molecular weight excluding hydrogens is 228 g/mol. The van der Waals surface area contributed by atoms with E-state index in [1.165, 1.54) is 0 Å². The van der Waals surface area contributed by atoms with Gasteiger partial charge in [-0.2, -0.15) is 0 Å². The van der Waals surface area contributed by atoms with E-state index in [0.29, 0.717) is 16.9 Å². The summed E-state index contributed by atoms with van der Waals surface area (Å²) in [6, 6.07) is 1.62. The van der Waals surface area contributed by atoms with Crippen molar-refractivity contribution in [1.82, 2.24) is 15.3 Å². The molecule has 0 spiro atoms. The Morgan fingerprint density at radius 2 is 2.31 bits per heavy atom. The van der Waals surface area contributed by atoms with E-state index in [1.807, 2.05) is 0 Å². The molecule has 1 aromatic heterocycles. The second kappa shape index (κ2) is 4.65. The van der Waals surface area contributed by atoms with Gasteiger partial charge in [0.1, 0.15) is 16.8 Å². The summed E-state index contributed by atoms with van der Waals surface area (Å²) < 4.78 is 0. The Bertz CT molecular complexity index is 406. The van der Waals surface area contributed by atoms with Crippen LogP contribution in [-0.4, -0.2) is 29.5 Å². The molecule has 0 aromatic carbocycles. The molecule has 2 rings (SSSR count). The van der Waals surface area contributed by atoms with Gasteiger partial charge in [-0.3, -0.25) is 4.79 Å². The Kier molecular flexibility index (Phi) is 3.24. The highest BCUT2D eigenvalue weighted by atomic mass is 35.5. The number of carbonyl (C=O) groups excluding carboxylic acids is 1. The normalized spacial score (nSPS) is 14.6. The molecule has 2 N–H and O–H groups in total. The lowest BCUT2D eigenvalue weighted by Gasteiger charge is -2.06. The first kappa shape index (κ1) is 11.1. The number of anilines is 1. The quantitative estimate of drug-likeness (QED) is 0.776. The van der Waals surface area contributed by atoms with Crippen LogP contribution >= 0.6 is 11.6 Å². The Balaban J connectivity index is 2.05. The summed E-state index contributed by atoms with van der Waals surface area (Å²) in [5.74, 6) is 1.72. The fraction of sp³-hybridized carbons (Fsp3) is 0.500. The Labute approximate surface area is 98.6 Å². The minimum atomic E-state index is -0.0947. The van der Waals surface area contributed by atoms with Gasteiger partial charge in [0.05, 0.1) is 6.54 Å². The zero-order valence-corrected chi connectivity index (χ0v) is 9.71. The SMILES string of the molecule is CNC(=O)CNc1cc(Cl)nc(C2CC2)n1. The zero-order chi connectivity index (χ0) is 11.5. The van der Waals surface area contributed by atoms with Crippen molar-refractivity contribution in [2.24, 2.45) is 0 Å². The third-order valence-corrected chi connectivity index (χ3v) is 2.56. The van der Waals surface area contributed by atoms with E-state index < -0.39 is 0 Å². The smallest absolute Gasteiger partial charge is 0.239 e. The molecule has 6 heteroatoms. The van der Waals surface area contributed by atoms with Gasteiger partial charge in [-0.05, 0) is 12.8 Å². The van der Waals surface area contributed by atoms with Crippen LogP contribution in [0.4, 0.5) is 5.82 Å². The lowest BCUT2D eigenvalue weighted by atomic mass is 10.4. The lowest BCUT2D eigenvalue weighted by molar-refractivity contribution is -0.118. The molecule has 0 atom stereocenters. The number of likely N-dealkylation sites (N-methyl/N-ethyl adjacent to an activating group) is 1. The fourth-order valence-corrected chi connectivity index (χ4v) is 1.50. The molecular formula is C10H13ClN4O. The van der Waals surface area contributed by atoms with Crippen molar-refractivity contribution in [2.75, 3.05) is 18.9 Å². The van der Waals surface area contributed by atoms with Gasteiger partial charge in [0.25, 0.3) is 0 Å². The average Bonchev–Trinajstić information content (AvgIpc) is 3.09. The monoisotopic (exact) mass is 240 g/mol. The van der Waals surface area contributed by atoms with Crippen LogP contribution in [-0.2, 0) is 4.79 Å². The minimum Gasteiger partial charge on any atom is -0.361 e. The van der Waals surface area contributed by atoms with Gasteiger partial charge in [-0.25, -0.2) is 9.97 Å².